The molecule has 0 aromatic heterocycles. The van der Waals surface area contributed by atoms with E-state index in [4.69, 9.17) is 15.9 Å². The number of nitrogens with two attached hydrogens (primary N) is 1. The fourth-order valence-corrected chi connectivity index (χ4v) is 0.390. The first kappa shape index (κ1) is 8.90. The number of hydrogen-bond acceptors (Lipinski definition) is 3. The molecule has 5 heteroatoms. The van der Waals surface area contributed by atoms with Crippen molar-refractivity contribution in [2.75, 3.05) is 0 Å². The summed E-state index contributed by atoms with van der Waals surface area (Å²) in [6.07, 6.45) is -0.567. The Hall–Kier alpha value is -1.10. The summed E-state index contributed by atoms with van der Waals surface area (Å²) < 4.78 is 0. The minimum Gasteiger partial charge on any atom is -0.481 e. The first-order valence-electron chi connectivity index (χ1n) is 2.60. The summed E-state index contributed by atoms with van der Waals surface area (Å²) in [5, 5.41) is 16.5. The average Bonchev–Trinajstić information content (AvgIpc) is 1.60. The van der Waals surface area contributed by atoms with E-state index in [-0.39, 0.29) is 0 Å². The number of hydrogen-bond donors (Lipinski definition) is 3. The highest BCUT2D eigenvalue weighted by Gasteiger charge is 2.30. The molecule has 0 bridgehead atoms. The largest absolute Gasteiger partial charge is 0.481 e. The molecule has 0 heterocycles. The van der Waals surface area contributed by atoms with Crippen molar-refractivity contribution in [3.05, 3.63) is 0 Å². The number of carboxylic acid groups (broad SMARTS) is 2. The predicted molar refractivity (Wildman–Crippen MR) is 32.5 cm³/mol. The van der Waals surface area contributed by atoms with Crippen molar-refractivity contribution in [3.63, 3.8) is 0 Å². The highest BCUT2D eigenvalue weighted by Crippen LogP contribution is 2.04. The van der Waals surface area contributed by atoms with Gasteiger partial charge in [0.2, 0.25) is 0 Å². The van der Waals surface area contributed by atoms with Crippen LogP contribution in [0.2, 0.25) is 0 Å². The quantitative estimate of drug-likeness (QED) is 0.488. The molecule has 0 saturated carbocycles. The molecule has 0 aliphatic heterocycles. The second kappa shape index (κ2) is 2.66. The van der Waals surface area contributed by atoms with Crippen LogP contribution in [0.25, 0.3) is 0 Å². The number of rotatable bonds is 3. The van der Waals surface area contributed by atoms with Crippen LogP contribution in [-0.2, 0) is 9.59 Å². The van der Waals surface area contributed by atoms with Crippen LogP contribution >= 0.6 is 0 Å². The zero-order valence-electron chi connectivity index (χ0n) is 5.50. The molecule has 0 radical (unpaired) electrons. The molecule has 0 amide bonds. The molecule has 4 N–H and O–H groups in total. The lowest BCUT2D eigenvalue weighted by Gasteiger charge is -2.15. The van der Waals surface area contributed by atoms with Crippen LogP contribution in [0.1, 0.15) is 13.3 Å². The summed E-state index contributed by atoms with van der Waals surface area (Å²) in [7, 11) is 0. The van der Waals surface area contributed by atoms with E-state index in [1.54, 1.807) is 0 Å². The maximum atomic E-state index is 10.2. The van der Waals surface area contributed by atoms with Crippen LogP contribution in [0, 0.1) is 0 Å². The summed E-state index contributed by atoms with van der Waals surface area (Å²) in [5.74, 6) is -2.53. The van der Waals surface area contributed by atoms with Crippen LogP contribution < -0.4 is 5.73 Å². The van der Waals surface area contributed by atoms with Crippen LogP contribution in [0.4, 0.5) is 0 Å². The van der Waals surface area contributed by atoms with E-state index in [1.165, 1.54) is 0 Å². The van der Waals surface area contributed by atoms with Gasteiger partial charge >= 0.3 is 11.9 Å². The number of carbonyl (C=O) groups is 2. The standard InChI is InChI=1S/C5H9NO4/c1-5(6,4(9)10)2-3(7)8/h2,6H2,1H3,(H,7,8)(H,9,10)/t5-/m0/s1. The highest BCUT2D eigenvalue weighted by atomic mass is 16.4. The molecule has 58 valence electrons. The molecule has 5 nitrogen and oxygen atoms in total. The van der Waals surface area contributed by atoms with Crippen LogP contribution in [-0.4, -0.2) is 27.7 Å². The van der Waals surface area contributed by atoms with Gasteiger partial charge in [0.25, 0.3) is 0 Å². The second-order valence-electron chi connectivity index (χ2n) is 2.29. The van der Waals surface area contributed by atoms with Crippen molar-refractivity contribution in [1.29, 1.82) is 0 Å². The van der Waals surface area contributed by atoms with Gasteiger partial charge in [0.15, 0.2) is 0 Å². The zero-order chi connectivity index (χ0) is 8.36. The van der Waals surface area contributed by atoms with Crippen molar-refractivity contribution < 1.29 is 19.8 Å². The predicted octanol–water partition coefficient (Wildman–Crippen LogP) is -0.737. The molecule has 0 unspecified atom stereocenters. The molecular weight excluding hydrogens is 138 g/mol. The number of aliphatic carboxylic acids is 2. The first-order chi connectivity index (χ1) is 4.36. The second-order valence-corrected chi connectivity index (χ2v) is 2.29. The van der Waals surface area contributed by atoms with Gasteiger partial charge in [-0.3, -0.25) is 9.59 Å². The van der Waals surface area contributed by atoms with Gasteiger partial charge in [0, 0.05) is 0 Å². The SMILES string of the molecule is C[C@](N)(CC(=O)O)C(=O)O. The minimum atomic E-state index is -1.66. The Kier molecular flexibility index (Phi) is 2.36. The fraction of sp³-hybridized carbons (Fsp3) is 0.600. The number of carboxylic acids is 2. The Bertz CT molecular complexity index is 163. The van der Waals surface area contributed by atoms with Gasteiger partial charge in [-0.2, -0.15) is 0 Å². The molecule has 0 fully saturated rings. The molecule has 0 aromatic rings. The molecule has 1 atom stereocenters. The van der Waals surface area contributed by atoms with E-state index in [9.17, 15) is 9.59 Å². The van der Waals surface area contributed by atoms with Crippen LogP contribution in [0.3, 0.4) is 0 Å². The van der Waals surface area contributed by atoms with Gasteiger partial charge in [-0.15, -0.1) is 0 Å². The Morgan fingerprint density at radius 2 is 1.90 bits per heavy atom. The fourth-order valence-electron chi connectivity index (χ4n) is 0.390. The van der Waals surface area contributed by atoms with Crippen LogP contribution in [0.15, 0.2) is 0 Å². The molecule has 0 aliphatic carbocycles. The monoisotopic (exact) mass is 147 g/mol. The summed E-state index contributed by atoms with van der Waals surface area (Å²) in [4.78, 5) is 20.1. The van der Waals surface area contributed by atoms with E-state index in [0.717, 1.165) is 6.92 Å². The minimum absolute atomic E-state index is 0.567. The van der Waals surface area contributed by atoms with E-state index < -0.39 is 23.9 Å². The molecular formula is C5H9NO4. The van der Waals surface area contributed by atoms with Crippen molar-refractivity contribution in [1.82, 2.24) is 0 Å². The maximum Gasteiger partial charge on any atom is 0.323 e. The van der Waals surface area contributed by atoms with E-state index >= 15 is 0 Å². The van der Waals surface area contributed by atoms with E-state index in [2.05, 4.69) is 0 Å². The van der Waals surface area contributed by atoms with E-state index in [0.29, 0.717) is 0 Å². The molecule has 0 saturated heterocycles. The summed E-state index contributed by atoms with van der Waals surface area (Å²) in [6.45, 7) is 1.16. The smallest absolute Gasteiger partial charge is 0.323 e. The van der Waals surface area contributed by atoms with Gasteiger partial charge in [-0.25, -0.2) is 0 Å². The lowest BCUT2D eigenvalue weighted by molar-refractivity contribution is -0.149. The van der Waals surface area contributed by atoms with Gasteiger partial charge in [-0.05, 0) is 6.92 Å². The summed E-state index contributed by atoms with van der Waals surface area (Å²) in [6, 6.07) is 0. The topological polar surface area (TPSA) is 101 Å². The highest BCUT2D eigenvalue weighted by molar-refractivity contribution is 5.84. The third-order valence-corrected chi connectivity index (χ3v) is 1.01. The van der Waals surface area contributed by atoms with Gasteiger partial charge in [0.05, 0.1) is 6.42 Å². The molecule has 0 spiro atoms. The third-order valence-electron chi connectivity index (χ3n) is 1.01. The van der Waals surface area contributed by atoms with Crippen molar-refractivity contribution in [3.8, 4) is 0 Å². The zero-order valence-corrected chi connectivity index (χ0v) is 5.50. The van der Waals surface area contributed by atoms with Crippen LogP contribution in [0.5, 0.6) is 0 Å². The Morgan fingerprint density at radius 1 is 1.50 bits per heavy atom. The summed E-state index contributed by atoms with van der Waals surface area (Å²) >= 11 is 0. The lowest BCUT2D eigenvalue weighted by atomic mass is 10.0. The lowest BCUT2D eigenvalue weighted by Crippen LogP contribution is -2.46. The molecule has 10 heavy (non-hydrogen) atoms. The normalized spacial score (nSPS) is 15.8. The molecule has 0 aromatic carbocycles. The summed E-state index contributed by atoms with van der Waals surface area (Å²) in [5.41, 5.74) is 3.42. The molecule has 0 aliphatic rings. The van der Waals surface area contributed by atoms with Gasteiger partial charge in [0.1, 0.15) is 5.54 Å². The van der Waals surface area contributed by atoms with Crippen molar-refractivity contribution in [2.24, 2.45) is 5.73 Å². The average molecular weight is 147 g/mol. The Labute approximate surface area is 57.5 Å². The van der Waals surface area contributed by atoms with Gasteiger partial charge in [-0.1, -0.05) is 0 Å². The van der Waals surface area contributed by atoms with Gasteiger partial charge < -0.3 is 15.9 Å². The Balaban J connectivity index is 4.13. The Morgan fingerprint density at radius 3 is 2.00 bits per heavy atom. The third kappa shape index (κ3) is 2.45. The first-order valence-corrected chi connectivity index (χ1v) is 2.60. The van der Waals surface area contributed by atoms with E-state index in [1.807, 2.05) is 0 Å². The molecule has 0 rings (SSSR count). The van der Waals surface area contributed by atoms with Crippen molar-refractivity contribution >= 4 is 11.9 Å². The van der Waals surface area contributed by atoms with Crippen molar-refractivity contribution in [2.45, 2.75) is 18.9 Å². The maximum absolute atomic E-state index is 10.2.